The summed E-state index contributed by atoms with van der Waals surface area (Å²) in [6.45, 7) is 7.53. The third-order valence-electron chi connectivity index (χ3n) is 3.69. The Morgan fingerprint density at radius 2 is 1.78 bits per heavy atom. The monoisotopic (exact) mass is 251 g/mol. The number of rotatable bonds is 8. The fraction of sp³-hybridized carbons (Fsp3) is 0.625. The average molecular weight is 251 g/mol. The Balaban J connectivity index is 2.65. The van der Waals surface area contributed by atoms with E-state index < -0.39 is 0 Å². The van der Waals surface area contributed by atoms with E-state index in [1.807, 2.05) is 12.1 Å². The molecule has 0 fully saturated rings. The van der Waals surface area contributed by atoms with Crippen LogP contribution in [-0.2, 0) is 6.42 Å². The van der Waals surface area contributed by atoms with E-state index in [4.69, 9.17) is 0 Å². The lowest BCUT2D eigenvalue weighted by Crippen LogP contribution is -2.33. The van der Waals surface area contributed by atoms with E-state index >= 15 is 0 Å². The first-order chi connectivity index (χ1) is 8.71. The number of nitrogens with one attached hydrogen (secondary N) is 1. The van der Waals surface area contributed by atoms with Crippen molar-refractivity contribution in [1.82, 2.24) is 5.32 Å². The van der Waals surface area contributed by atoms with Crippen molar-refractivity contribution in [2.45, 2.75) is 52.5 Å². The van der Waals surface area contributed by atoms with E-state index in [0.29, 0.717) is 6.04 Å². The first-order valence-electron chi connectivity index (χ1n) is 7.17. The van der Waals surface area contributed by atoms with Crippen LogP contribution in [0.5, 0.6) is 0 Å². The summed E-state index contributed by atoms with van der Waals surface area (Å²) in [5.74, 6) is 0.658. The summed E-state index contributed by atoms with van der Waals surface area (Å²) in [7, 11) is 0. The molecule has 0 radical (unpaired) electrons. The standard InChI is InChI=1S/C16H26FN/c1-4-13(5-2)11-15(18-6-3)12-14-9-7-8-10-16(14)17/h7-10,13,15,18H,4-6,11-12H2,1-3H3. The normalized spacial score (nSPS) is 12.9. The summed E-state index contributed by atoms with van der Waals surface area (Å²) in [4.78, 5) is 0. The van der Waals surface area contributed by atoms with Crippen LogP contribution >= 0.6 is 0 Å². The van der Waals surface area contributed by atoms with Gasteiger partial charge in [0.05, 0.1) is 0 Å². The van der Waals surface area contributed by atoms with Crippen LogP contribution in [0.25, 0.3) is 0 Å². The fourth-order valence-corrected chi connectivity index (χ4v) is 2.48. The zero-order valence-electron chi connectivity index (χ0n) is 11.9. The van der Waals surface area contributed by atoms with Gasteiger partial charge in [0.2, 0.25) is 0 Å². The van der Waals surface area contributed by atoms with E-state index in [1.54, 1.807) is 12.1 Å². The predicted molar refractivity (Wildman–Crippen MR) is 76.3 cm³/mol. The van der Waals surface area contributed by atoms with Crippen LogP contribution in [0, 0.1) is 11.7 Å². The minimum absolute atomic E-state index is 0.0787. The Morgan fingerprint density at radius 1 is 1.11 bits per heavy atom. The van der Waals surface area contributed by atoms with Gasteiger partial charge in [-0.3, -0.25) is 0 Å². The van der Waals surface area contributed by atoms with Crippen LogP contribution < -0.4 is 5.32 Å². The maximum atomic E-state index is 13.7. The van der Waals surface area contributed by atoms with Gasteiger partial charge < -0.3 is 5.32 Å². The molecular weight excluding hydrogens is 225 g/mol. The zero-order valence-corrected chi connectivity index (χ0v) is 11.9. The van der Waals surface area contributed by atoms with Crippen molar-refractivity contribution in [3.05, 3.63) is 35.6 Å². The number of hydrogen-bond acceptors (Lipinski definition) is 1. The van der Waals surface area contributed by atoms with Gasteiger partial charge in [-0.05, 0) is 36.9 Å². The minimum Gasteiger partial charge on any atom is -0.314 e. The molecular formula is C16H26FN. The van der Waals surface area contributed by atoms with E-state index in [9.17, 15) is 4.39 Å². The molecule has 0 aliphatic carbocycles. The molecule has 1 aromatic rings. The Labute approximate surface area is 111 Å². The second-order valence-electron chi connectivity index (χ2n) is 4.97. The van der Waals surface area contributed by atoms with Gasteiger partial charge in [0.1, 0.15) is 5.82 Å². The van der Waals surface area contributed by atoms with Gasteiger partial charge in [-0.15, -0.1) is 0 Å². The Bertz CT molecular complexity index is 334. The second kappa shape index (κ2) is 8.25. The van der Waals surface area contributed by atoms with Gasteiger partial charge >= 0.3 is 0 Å². The van der Waals surface area contributed by atoms with Crippen LogP contribution in [0.2, 0.25) is 0 Å². The number of benzene rings is 1. The SMILES string of the molecule is CCNC(Cc1ccccc1F)CC(CC)CC. The topological polar surface area (TPSA) is 12.0 Å². The molecule has 0 amide bonds. The lowest BCUT2D eigenvalue weighted by Gasteiger charge is -2.23. The highest BCUT2D eigenvalue weighted by atomic mass is 19.1. The van der Waals surface area contributed by atoms with Crippen molar-refractivity contribution in [1.29, 1.82) is 0 Å². The largest absolute Gasteiger partial charge is 0.314 e. The summed E-state index contributed by atoms with van der Waals surface area (Å²) in [6, 6.07) is 7.50. The average Bonchev–Trinajstić information content (AvgIpc) is 2.38. The molecule has 0 bridgehead atoms. The lowest BCUT2D eigenvalue weighted by molar-refractivity contribution is 0.365. The van der Waals surface area contributed by atoms with Crippen molar-refractivity contribution >= 4 is 0 Å². The van der Waals surface area contributed by atoms with E-state index in [1.165, 1.54) is 12.8 Å². The highest BCUT2D eigenvalue weighted by Crippen LogP contribution is 2.18. The Morgan fingerprint density at radius 3 is 2.33 bits per heavy atom. The molecule has 0 saturated heterocycles. The van der Waals surface area contributed by atoms with Gasteiger partial charge in [0.15, 0.2) is 0 Å². The maximum absolute atomic E-state index is 13.7. The van der Waals surface area contributed by atoms with Crippen molar-refractivity contribution < 1.29 is 4.39 Å². The Hall–Kier alpha value is -0.890. The van der Waals surface area contributed by atoms with Gasteiger partial charge in [-0.2, -0.15) is 0 Å². The van der Waals surface area contributed by atoms with Gasteiger partial charge in [-0.1, -0.05) is 51.8 Å². The van der Waals surface area contributed by atoms with Crippen molar-refractivity contribution in [3.63, 3.8) is 0 Å². The third kappa shape index (κ3) is 4.77. The van der Waals surface area contributed by atoms with Crippen LogP contribution in [0.4, 0.5) is 4.39 Å². The number of hydrogen-bond donors (Lipinski definition) is 1. The fourth-order valence-electron chi connectivity index (χ4n) is 2.48. The van der Waals surface area contributed by atoms with E-state index in [2.05, 4.69) is 26.1 Å². The zero-order chi connectivity index (χ0) is 13.4. The molecule has 1 nitrogen and oxygen atoms in total. The lowest BCUT2D eigenvalue weighted by atomic mass is 9.91. The molecule has 0 saturated carbocycles. The quantitative estimate of drug-likeness (QED) is 0.731. The van der Waals surface area contributed by atoms with Gasteiger partial charge in [0, 0.05) is 6.04 Å². The molecule has 0 aromatic heterocycles. The van der Waals surface area contributed by atoms with Crippen LogP contribution in [0.3, 0.4) is 0 Å². The smallest absolute Gasteiger partial charge is 0.126 e. The van der Waals surface area contributed by atoms with Crippen molar-refractivity contribution in [3.8, 4) is 0 Å². The minimum atomic E-state index is -0.0787. The van der Waals surface area contributed by atoms with E-state index in [0.717, 1.165) is 30.9 Å². The molecule has 1 atom stereocenters. The van der Waals surface area contributed by atoms with Crippen LogP contribution in [0.1, 0.15) is 45.6 Å². The summed E-state index contributed by atoms with van der Waals surface area (Å²) in [5.41, 5.74) is 0.828. The van der Waals surface area contributed by atoms with E-state index in [-0.39, 0.29) is 5.82 Å². The van der Waals surface area contributed by atoms with Gasteiger partial charge in [-0.25, -0.2) is 4.39 Å². The molecule has 1 aromatic carbocycles. The summed E-state index contributed by atoms with van der Waals surface area (Å²) in [5, 5.41) is 3.49. The molecule has 1 rings (SSSR count). The molecule has 0 aliphatic heterocycles. The number of halogens is 1. The van der Waals surface area contributed by atoms with Crippen molar-refractivity contribution in [2.75, 3.05) is 6.54 Å². The Kier molecular flexibility index (Phi) is 6.96. The first-order valence-corrected chi connectivity index (χ1v) is 7.17. The molecule has 18 heavy (non-hydrogen) atoms. The summed E-state index contributed by atoms with van der Waals surface area (Å²) < 4.78 is 13.7. The third-order valence-corrected chi connectivity index (χ3v) is 3.69. The molecule has 1 unspecified atom stereocenters. The molecule has 0 aliphatic rings. The van der Waals surface area contributed by atoms with Crippen molar-refractivity contribution in [2.24, 2.45) is 5.92 Å². The molecule has 0 heterocycles. The van der Waals surface area contributed by atoms with Crippen LogP contribution in [-0.4, -0.2) is 12.6 Å². The predicted octanol–water partition coefficient (Wildman–Crippen LogP) is 4.17. The molecule has 1 N–H and O–H groups in total. The van der Waals surface area contributed by atoms with Crippen LogP contribution in [0.15, 0.2) is 24.3 Å². The van der Waals surface area contributed by atoms with Gasteiger partial charge in [0.25, 0.3) is 0 Å². The molecule has 0 spiro atoms. The molecule has 102 valence electrons. The second-order valence-corrected chi connectivity index (χ2v) is 4.97. The summed E-state index contributed by atoms with van der Waals surface area (Å²) in [6.07, 6.45) is 4.33. The maximum Gasteiger partial charge on any atom is 0.126 e. The molecule has 2 heteroatoms. The first kappa shape index (κ1) is 15.2. The highest BCUT2D eigenvalue weighted by molar-refractivity contribution is 5.18. The number of likely N-dealkylation sites (N-methyl/N-ethyl adjacent to an activating group) is 1. The highest BCUT2D eigenvalue weighted by Gasteiger charge is 2.15. The summed E-state index contributed by atoms with van der Waals surface area (Å²) >= 11 is 0.